The molecule has 0 spiro atoms. The van der Waals surface area contributed by atoms with Gasteiger partial charge in [0.2, 0.25) is 0 Å². The van der Waals surface area contributed by atoms with Gasteiger partial charge >= 0.3 is 0 Å². The number of aryl methyl sites for hydroxylation is 3. The first-order valence-electron chi connectivity index (χ1n) is 7.98. The predicted molar refractivity (Wildman–Crippen MR) is 87.4 cm³/mol. The number of aromatic nitrogens is 3. The minimum atomic E-state index is -0.308. The molecule has 23 heavy (non-hydrogen) atoms. The second-order valence-corrected chi connectivity index (χ2v) is 6.26. The average molecular weight is 314 g/mol. The Balaban J connectivity index is 1.98. The molecule has 1 aliphatic rings. The number of rotatable bonds is 2. The second kappa shape index (κ2) is 6.02. The van der Waals surface area contributed by atoms with Crippen molar-refractivity contribution in [1.29, 1.82) is 0 Å². The van der Waals surface area contributed by atoms with Crippen molar-refractivity contribution in [2.45, 2.75) is 39.2 Å². The van der Waals surface area contributed by atoms with E-state index in [1.807, 2.05) is 39.2 Å². The van der Waals surface area contributed by atoms with E-state index in [0.717, 1.165) is 36.2 Å². The summed E-state index contributed by atoms with van der Waals surface area (Å²) in [6.07, 6.45) is 4.79. The molecule has 6 nitrogen and oxygen atoms in total. The summed E-state index contributed by atoms with van der Waals surface area (Å²) in [5.74, 6) is -0.195. The molecule has 6 heteroatoms. The van der Waals surface area contributed by atoms with Crippen LogP contribution in [-0.2, 0) is 7.05 Å². The van der Waals surface area contributed by atoms with Crippen LogP contribution in [0.3, 0.4) is 0 Å². The van der Waals surface area contributed by atoms with Crippen LogP contribution in [0, 0.1) is 13.8 Å². The van der Waals surface area contributed by atoms with Gasteiger partial charge in [0.05, 0.1) is 11.7 Å². The van der Waals surface area contributed by atoms with E-state index in [0.29, 0.717) is 6.54 Å². The van der Waals surface area contributed by atoms with E-state index in [1.54, 1.807) is 9.58 Å². The lowest BCUT2D eigenvalue weighted by atomic mass is 9.97. The fourth-order valence-corrected chi connectivity index (χ4v) is 3.36. The van der Waals surface area contributed by atoms with Crippen molar-refractivity contribution in [1.82, 2.24) is 19.7 Å². The molecule has 1 fully saturated rings. The van der Waals surface area contributed by atoms with Crippen LogP contribution in [0.2, 0.25) is 0 Å². The lowest BCUT2D eigenvalue weighted by molar-refractivity contribution is 0.0602. The van der Waals surface area contributed by atoms with Gasteiger partial charge in [0.1, 0.15) is 5.56 Å². The molecule has 1 saturated heterocycles. The number of nitrogens with one attached hydrogen (secondary N) is 1. The molecule has 122 valence electrons. The number of pyridine rings is 1. The van der Waals surface area contributed by atoms with E-state index >= 15 is 0 Å². The van der Waals surface area contributed by atoms with E-state index in [-0.39, 0.29) is 23.1 Å². The van der Waals surface area contributed by atoms with Crippen LogP contribution in [0.25, 0.3) is 0 Å². The molecule has 3 rings (SSSR count). The van der Waals surface area contributed by atoms with Crippen LogP contribution in [0.5, 0.6) is 0 Å². The summed E-state index contributed by atoms with van der Waals surface area (Å²) in [5.41, 5.74) is 2.32. The summed E-state index contributed by atoms with van der Waals surface area (Å²) in [6, 6.07) is 3.73. The van der Waals surface area contributed by atoms with Crippen molar-refractivity contribution in [2.24, 2.45) is 7.05 Å². The van der Waals surface area contributed by atoms with Gasteiger partial charge < -0.3 is 9.88 Å². The highest BCUT2D eigenvalue weighted by atomic mass is 16.2. The third-order valence-corrected chi connectivity index (χ3v) is 4.42. The fourth-order valence-electron chi connectivity index (χ4n) is 3.36. The first-order valence-corrected chi connectivity index (χ1v) is 7.98. The Bertz CT molecular complexity index is 790. The Hall–Kier alpha value is -2.37. The van der Waals surface area contributed by atoms with Crippen molar-refractivity contribution in [3.63, 3.8) is 0 Å². The summed E-state index contributed by atoms with van der Waals surface area (Å²) in [4.78, 5) is 29.8. The van der Waals surface area contributed by atoms with E-state index in [9.17, 15) is 9.59 Å². The molecule has 2 aromatic rings. The highest BCUT2D eigenvalue weighted by molar-refractivity contribution is 5.95. The summed E-state index contributed by atoms with van der Waals surface area (Å²) < 4.78 is 1.75. The van der Waals surface area contributed by atoms with Crippen molar-refractivity contribution in [2.75, 3.05) is 6.54 Å². The number of nitrogens with zero attached hydrogens (tertiary/aromatic N) is 3. The Morgan fingerprint density at radius 3 is 2.78 bits per heavy atom. The lowest BCUT2D eigenvalue weighted by Gasteiger charge is -2.35. The topological polar surface area (TPSA) is 71.0 Å². The van der Waals surface area contributed by atoms with E-state index in [2.05, 4.69) is 10.1 Å². The molecule has 0 bridgehead atoms. The zero-order chi connectivity index (χ0) is 16.6. The maximum absolute atomic E-state index is 13.0. The Morgan fingerprint density at radius 1 is 1.35 bits per heavy atom. The molecule has 1 aliphatic heterocycles. The molecule has 1 amide bonds. The second-order valence-electron chi connectivity index (χ2n) is 6.26. The van der Waals surface area contributed by atoms with Gasteiger partial charge in [-0.3, -0.25) is 14.3 Å². The molecule has 0 aromatic carbocycles. The lowest BCUT2D eigenvalue weighted by Crippen LogP contribution is -2.41. The molecule has 1 atom stereocenters. The van der Waals surface area contributed by atoms with Gasteiger partial charge in [0.15, 0.2) is 0 Å². The van der Waals surface area contributed by atoms with Crippen LogP contribution in [0.15, 0.2) is 23.1 Å². The summed E-state index contributed by atoms with van der Waals surface area (Å²) in [6.45, 7) is 4.29. The minimum Gasteiger partial charge on any atom is -0.330 e. The van der Waals surface area contributed by atoms with Crippen molar-refractivity contribution in [3.05, 3.63) is 51.2 Å². The summed E-state index contributed by atoms with van der Waals surface area (Å²) in [5, 5.41) is 4.46. The third kappa shape index (κ3) is 2.93. The smallest absolute Gasteiger partial charge is 0.261 e. The number of hydrogen-bond acceptors (Lipinski definition) is 3. The number of carbonyl (C=O) groups excluding carboxylic acids is 1. The van der Waals surface area contributed by atoms with Crippen LogP contribution in [0.4, 0.5) is 0 Å². The van der Waals surface area contributed by atoms with Gasteiger partial charge in [-0.05, 0) is 50.8 Å². The maximum Gasteiger partial charge on any atom is 0.261 e. The van der Waals surface area contributed by atoms with Crippen LogP contribution in [-0.4, -0.2) is 32.1 Å². The van der Waals surface area contributed by atoms with Crippen LogP contribution in [0.1, 0.15) is 52.6 Å². The van der Waals surface area contributed by atoms with Crippen molar-refractivity contribution in [3.8, 4) is 0 Å². The van der Waals surface area contributed by atoms with E-state index < -0.39 is 0 Å². The van der Waals surface area contributed by atoms with Gasteiger partial charge in [-0.25, -0.2) is 0 Å². The third-order valence-electron chi connectivity index (χ3n) is 4.42. The Kier molecular flexibility index (Phi) is 4.07. The van der Waals surface area contributed by atoms with Gasteiger partial charge in [-0.15, -0.1) is 0 Å². The van der Waals surface area contributed by atoms with Crippen molar-refractivity contribution < 1.29 is 4.79 Å². The van der Waals surface area contributed by atoms with E-state index in [4.69, 9.17) is 0 Å². The van der Waals surface area contributed by atoms with Gasteiger partial charge in [0, 0.05) is 25.5 Å². The largest absolute Gasteiger partial charge is 0.330 e. The molecule has 0 radical (unpaired) electrons. The molecule has 0 aliphatic carbocycles. The normalized spacial score (nSPS) is 18.2. The SMILES string of the molecule is Cc1cc(C)c(C(=O)N2CCCC[C@@H]2c2ccn(C)n2)c(=O)[nH]1. The number of likely N-dealkylation sites (tertiary alicyclic amines) is 1. The van der Waals surface area contributed by atoms with Crippen LogP contribution >= 0.6 is 0 Å². The Morgan fingerprint density at radius 2 is 2.13 bits per heavy atom. The maximum atomic E-state index is 13.0. The number of amides is 1. The monoisotopic (exact) mass is 314 g/mol. The highest BCUT2D eigenvalue weighted by Crippen LogP contribution is 2.31. The van der Waals surface area contributed by atoms with Gasteiger partial charge in [-0.1, -0.05) is 0 Å². The fraction of sp³-hybridized carbons (Fsp3) is 0.471. The number of H-pyrrole nitrogens is 1. The first-order chi connectivity index (χ1) is 11.0. The number of carbonyl (C=O) groups is 1. The zero-order valence-corrected chi connectivity index (χ0v) is 13.8. The molecule has 0 unspecified atom stereocenters. The first kappa shape index (κ1) is 15.5. The number of hydrogen-bond donors (Lipinski definition) is 1. The molecule has 1 N–H and O–H groups in total. The standard InChI is InChI=1S/C17H22N4O2/c1-11-10-12(2)18-16(22)15(11)17(23)21-8-5-4-6-14(21)13-7-9-20(3)19-13/h7,9-10,14H,4-6,8H2,1-3H3,(H,18,22)/t14-/m1/s1. The quantitative estimate of drug-likeness (QED) is 0.922. The predicted octanol–water partition coefficient (Wildman–Crippen LogP) is 2.09. The molecule has 2 aromatic heterocycles. The van der Waals surface area contributed by atoms with Gasteiger partial charge in [0.25, 0.3) is 11.5 Å². The molecule has 0 saturated carbocycles. The minimum absolute atomic E-state index is 0.0578. The Labute approximate surface area is 135 Å². The molecule has 3 heterocycles. The highest BCUT2D eigenvalue weighted by Gasteiger charge is 2.32. The van der Waals surface area contributed by atoms with Crippen molar-refractivity contribution >= 4 is 5.91 Å². The number of piperidine rings is 1. The summed E-state index contributed by atoms with van der Waals surface area (Å²) in [7, 11) is 1.87. The average Bonchev–Trinajstić information content (AvgIpc) is 2.92. The zero-order valence-electron chi connectivity index (χ0n) is 13.8. The number of aromatic amines is 1. The van der Waals surface area contributed by atoms with E-state index in [1.165, 1.54) is 0 Å². The van der Waals surface area contributed by atoms with Gasteiger partial charge in [-0.2, -0.15) is 5.10 Å². The van der Waals surface area contributed by atoms with Crippen LogP contribution < -0.4 is 5.56 Å². The molecular weight excluding hydrogens is 292 g/mol. The molecular formula is C17H22N4O2. The summed E-state index contributed by atoms with van der Waals surface area (Å²) >= 11 is 0.